The minimum Gasteiger partial charge on any atom is -0.497 e. The summed E-state index contributed by atoms with van der Waals surface area (Å²) in [4.78, 5) is 17.8. The molecule has 3 aliphatic heterocycles. The number of pyridine rings is 1. The van der Waals surface area contributed by atoms with E-state index in [9.17, 15) is 9.90 Å². The second-order valence-corrected chi connectivity index (χ2v) is 9.80. The lowest BCUT2D eigenvalue weighted by Crippen LogP contribution is -2.55. The Hall–Kier alpha value is -1.83. The zero-order chi connectivity index (χ0) is 21.8. The van der Waals surface area contributed by atoms with Crippen LogP contribution < -0.4 is 4.74 Å². The van der Waals surface area contributed by atoms with Gasteiger partial charge in [0, 0.05) is 36.8 Å². The summed E-state index contributed by atoms with van der Waals surface area (Å²) in [7, 11) is 1.66. The van der Waals surface area contributed by atoms with Crippen molar-refractivity contribution in [3.63, 3.8) is 0 Å². The Balaban J connectivity index is 1.37. The normalized spacial score (nSPS) is 26.0. The average molecular weight is 445 g/mol. The van der Waals surface area contributed by atoms with E-state index in [0.717, 1.165) is 53.2 Å². The van der Waals surface area contributed by atoms with Crippen LogP contribution in [0, 0.1) is 11.8 Å². The minimum absolute atomic E-state index is 0.156. The van der Waals surface area contributed by atoms with E-state index in [1.165, 1.54) is 19.8 Å². The number of aliphatic hydroxyl groups is 1. The quantitative estimate of drug-likeness (QED) is 0.467. The molecule has 0 spiro atoms. The van der Waals surface area contributed by atoms with Crippen LogP contribution in [0.4, 0.5) is 0 Å². The number of benzene rings is 1. The molecule has 0 saturated carbocycles. The van der Waals surface area contributed by atoms with Gasteiger partial charge in [-0.3, -0.25) is 14.7 Å². The molecule has 2 bridgehead atoms. The lowest BCUT2D eigenvalue weighted by atomic mass is 9.72. The number of fused-ring (bicyclic) bond motifs is 4. The van der Waals surface area contributed by atoms with Gasteiger partial charge in [-0.25, -0.2) is 0 Å². The van der Waals surface area contributed by atoms with Crippen molar-refractivity contribution in [3.8, 4) is 5.75 Å². The van der Waals surface area contributed by atoms with Crippen molar-refractivity contribution in [2.45, 2.75) is 38.3 Å². The van der Waals surface area contributed by atoms with Gasteiger partial charge in [-0.05, 0) is 73.2 Å². The van der Waals surface area contributed by atoms with Crippen molar-refractivity contribution < 1.29 is 19.4 Å². The number of aromatic nitrogens is 1. The smallest absolute Gasteiger partial charge is 0.302 e. The van der Waals surface area contributed by atoms with E-state index in [1.807, 2.05) is 36.0 Å². The van der Waals surface area contributed by atoms with E-state index in [0.29, 0.717) is 18.4 Å². The summed E-state index contributed by atoms with van der Waals surface area (Å²) in [5.41, 5.74) is 1.83. The van der Waals surface area contributed by atoms with Crippen molar-refractivity contribution in [1.29, 1.82) is 0 Å². The van der Waals surface area contributed by atoms with E-state index in [4.69, 9.17) is 9.47 Å². The molecule has 168 valence electrons. The number of thioether (sulfide) groups is 1. The largest absolute Gasteiger partial charge is 0.497 e. The SMILES string of the molecule is COc1ccc2nccc([C@H](O)[C@H]3C[C@@H]4CCN3C[C@@H]4CCSCCOC(C)=O)c2c1. The van der Waals surface area contributed by atoms with Crippen LogP contribution in [0.3, 0.4) is 0 Å². The maximum Gasteiger partial charge on any atom is 0.302 e. The molecule has 1 N–H and O–H groups in total. The van der Waals surface area contributed by atoms with Crippen LogP contribution in [0.25, 0.3) is 10.9 Å². The van der Waals surface area contributed by atoms with E-state index >= 15 is 0 Å². The van der Waals surface area contributed by atoms with Gasteiger partial charge in [-0.15, -0.1) is 0 Å². The zero-order valence-electron chi connectivity index (χ0n) is 18.3. The maximum absolute atomic E-state index is 11.4. The second-order valence-electron chi connectivity index (χ2n) is 8.58. The van der Waals surface area contributed by atoms with Gasteiger partial charge in [0.1, 0.15) is 12.4 Å². The number of nitrogens with zero attached hydrogens (tertiary/aromatic N) is 2. The number of carbonyl (C=O) groups excluding carboxylic acids is 1. The fraction of sp³-hybridized carbons (Fsp3) is 0.583. The highest BCUT2D eigenvalue weighted by Crippen LogP contribution is 2.43. The van der Waals surface area contributed by atoms with E-state index in [2.05, 4.69) is 9.88 Å². The summed E-state index contributed by atoms with van der Waals surface area (Å²) in [6.07, 6.45) is 4.71. The monoisotopic (exact) mass is 444 g/mol. The number of piperidine rings is 3. The Morgan fingerprint density at radius 3 is 2.97 bits per heavy atom. The molecule has 6 nitrogen and oxygen atoms in total. The molecule has 3 fully saturated rings. The summed E-state index contributed by atoms with van der Waals surface area (Å²) in [6.45, 7) is 4.07. The number of hydrogen-bond acceptors (Lipinski definition) is 7. The van der Waals surface area contributed by atoms with Crippen LogP contribution in [0.2, 0.25) is 0 Å². The Morgan fingerprint density at radius 2 is 2.23 bits per heavy atom. The number of aliphatic hydroxyl groups excluding tert-OH is 1. The molecule has 4 heterocycles. The summed E-state index contributed by atoms with van der Waals surface area (Å²) in [5.74, 6) is 3.89. The first-order valence-electron chi connectivity index (χ1n) is 11.1. The van der Waals surface area contributed by atoms with Gasteiger partial charge in [-0.2, -0.15) is 11.8 Å². The first-order valence-corrected chi connectivity index (χ1v) is 12.3. The molecule has 1 aromatic carbocycles. The number of esters is 1. The summed E-state index contributed by atoms with van der Waals surface area (Å²) < 4.78 is 10.4. The topological polar surface area (TPSA) is 71.9 Å². The molecule has 7 heteroatoms. The predicted octanol–water partition coefficient (Wildman–Crippen LogP) is 3.67. The first kappa shape index (κ1) is 22.4. The van der Waals surface area contributed by atoms with Crippen LogP contribution in [-0.2, 0) is 9.53 Å². The molecular weight excluding hydrogens is 412 g/mol. The third-order valence-corrected chi connectivity index (χ3v) is 7.75. The third-order valence-electron chi connectivity index (χ3n) is 6.77. The lowest BCUT2D eigenvalue weighted by molar-refractivity contribution is -0.140. The summed E-state index contributed by atoms with van der Waals surface area (Å²) in [6, 6.07) is 7.95. The van der Waals surface area contributed by atoms with Gasteiger partial charge in [-0.1, -0.05) is 0 Å². The number of carbonyl (C=O) groups is 1. The molecule has 2 aromatic rings. The van der Waals surface area contributed by atoms with Crippen LogP contribution in [0.5, 0.6) is 5.75 Å². The number of methoxy groups -OCH3 is 1. The van der Waals surface area contributed by atoms with Crippen molar-refractivity contribution in [3.05, 3.63) is 36.0 Å². The fourth-order valence-electron chi connectivity index (χ4n) is 5.16. The maximum atomic E-state index is 11.4. The standard InChI is InChI=1S/C24H32N2O4S/c1-16(27)30-10-12-31-11-7-18-15-26-9-6-17(18)13-23(26)24(28)20-5-8-25-22-4-3-19(29-2)14-21(20)22/h3-5,8,14,17-18,23-24,28H,6-7,9-13,15H2,1-2H3/t17-,18-,23+,24-/m0/s1. The molecular formula is C24H32N2O4S. The van der Waals surface area contributed by atoms with Crippen LogP contribution >= 0.6 is 11.8 Å². The van der Waals surface area contributed by atoms with Crippen molar-refractivity contribution >= 4 is 28.6 Å². The highest BCUT2D eigenvalue weighted by molar-refractivity contribution is 7.99. The zero-order valence-corrected chi connectivity index (χ0v) is 19.1. The van der Waals surface area contributed by atoms with Crippen molar-refractivity contribution in [1.82, 2.24) is 9.88 Å². The van der Waals surface area contributed by atoms with E-state index in [-0.39, 0.29) is 12.0 Å². The van der Waals surface area contributed by atoms with Crippen molar-refractivity contribution in [2.24, 2.45) is 11.8 Å². The highest BCUT2D eigenvalue weighted by Gasteiger charge is 2.43. The molecule has 0 amide bonds. The molecule has 31 heavy (non-hydrogen) atoms. The Morgan fingerprint density at radius 1 is 1.35 bits per heavy atom. The number of ether oxygens (including phenoxy) is 2. The van der Waals surface area contributed by atoms with Gasteiger partial charge in [0.15, 0.2) is 0 Å². The molecule has 0 aliphatic carbocycles. The number of hydrogen-bond donors (Lipinski definition) is 1. The fourth-order valence-corrected chi connectivity index (χ4v) is 6.03. The van der Waals surface area contributed by atoms with Crippen LogP contribution in [0.1, 0.15) is 37.9 Å². The van der Waals surface area contributed by atoms with Gasteiger partial charge in [0.05, 0.1) is 18.7 Å². The Bertz CT molecular complexity index is 908. The highest BCUT2D eigenvalue weighted by atomic mass is 32.2. The predicted molar refractivity (Wildman–Crippen MR) is 123 cm³/mol. The molecule has 3 aliphatic rings. The number of rotatable bonds is 9. The molecule has 3 saturated heterocycles. The Labute approximate surface area is 188 Å². The second kappa shape index (κ2) is 10.2. The van der Waals surface area contributed by atoms with Crippen molar-refractivity contribution in [2.75, 3.05) is 38.3 Å². The van der Waals surface area contributed by atoms with Crippen LogP contribution in [-0.4, -0.2) is 65.3 Å². The Kier molecular flexibility index (Phi) is 7.35. The van der Waals surface area contributed by atoms with E-state index in [1.54, 1.807) is 13.3 Å². The van der Waals surface area contributed by atoms with Gasteiger partial charge in [0.2, 0.25) is 0 Å². The first-order chi connectivity index (χ1) is 15.1. The average Bonchev–Trinajstić information content (AvgIpc) is 2.80. The summed E-state index contributed by atoms with van der Waals surface area (Å²) in [5, 5.41) is 12.3. The molecule has 5 atom stereocenters. The molecule has 1 unspecified atom stereocenters. The minimum atomic E-state index is -0.528. The molecule has 0 radical (unpaired) electrons. The molecule has 1 aromatic heterocycles. The summed E-state index contributed by atoms with van der Waals surface area (Å²) >= 11 is 1.86. The lowest BCUT2D eigenvalue weighted by Gasteiger charge is -2.51. The third kappa shape index (κ3) is 5.16. The van der Waals surface area contributed by atoms with E-state index < -0.39 is 6.10 Å². The van der Waals surface area contributed by atoms with Gasteiger partial charge >= 0.3 is 5.97 Å². The van der Waals surface area contributed by atoms with Gasteiger partial charge < -0.3 is 14.6 Å². The van der Waals surface area contributed by atoms with Gasteiger partial charge in [0.25, 0.3) is 0 Å². The molecule has 5 rings (SSSR count). The van der Waals surface area contributed by atoms with Crippen LogP contribution in [0.15, 0.2) is 30.5 Å².